The summed E-state index contributed by atoms with van der Waals surface area (Å²) in [5.74, 6) is -1.42. The van der Waals surface area contributed by atoms with Crippen LogP contribution in [0.25, 0.3) is 0 Å². The Labute approximate surface area is 126 Å². The highest BCUT2D eigenvalue weighted by Crippen LogP contribution is 2.26. The maximum absolute atomic E-state index is 12.3. The van der Waals surface area contributed by atoms with Crippen molar-refractivity contribution in [3.05, 3.63) is 12.2 Å². The van der Waals surface area contributed by atoms with Crippen molar-refractivity contribution >= 4 is 11.9 Å². The molecule has 2 N–H and O–H groups in total. The molecule has 5 nitrogen and oxygen atoms in total. The molecule has 2 aliphatic rings. The quantitative estimate of drug-likeness (QED) is 0.754. The zero-order chi connectivity index (χ0) is 15.2. The highest BCUT2D eigenvalue weighted by Gasteiger charge is 2.34. The minimum atomic E-state index is -0.865. The molecule has 0 unspecified atom stereocenters. The van der Waals surface area contributed by atoms with E-state index in [0.717, 1.165) is 32.5 Å². The van der Waals surface area contributed by atoms with Crippen molar-refractivity contribution in [2.45, 2.75) is 32.6 Å². The molecule has 1 heterocycles. The molecule has 0 bridgehead atoms. The van der Waals surface area contributed by atoms with Crippen LogP contribution in [0, 0.1) is 17.8 Å². The molecule has 0 aromatic carbocycles. The summed E-state index contributed by atoms with van der Waals surface area (Å²) < 4.78 is 0. The lowest BCUT2D eigenvalue weighted by atomic mass is 9.82. The fourth-order valence-corrected chi connectivity index (χ4v) is 3.26. The predicted octanol–water partition coefficient (Wildman–Crippen LogP) is 1.50. The summed E-state index contributed by atoms with van der Waals surface area (Å²) in [5, 5.41) is 12.2. The molecule has 1 saturated heterocycles. The lowest BCUT2D eigenvalue weighted by molar-refractivity contribution is -0.147. The van der Waals surface area contributed by atoms with Crippen LogP contribution in [0.2, 0.25) is 0 Å². The van der Waals surface area contributed by atoms with Gasteiger partial charge in [-0.15, -0.1) is 0 Å². The Balaban J connectivity index is 1.79. The number of carbonyl (C=O) groups excluding carboxylic acids is 1. The largest absolute Gasteiger partial charge is 0.481 e. The van der Waals surface area contributed by atoms with Crippen LogP contribution in [0.3, 0.4) is 0 Å². The maximum Gasteiger partial charge on any atom is 0.307 e. The minimum Gasteiger partial charge on any atom is -0.481 e. The van der Waals surface area contributed by atoms with Crippen LogP contribution in [0.1, 0.15) is 32.6 Å². The van der Waals surface area contributed by atoms with Gasteiger partial charge in [0, 0.05) is 6.54 Å². The fourth-order valence-electron chi connectivity index (χ4n) is 3.26. The summed E-state index contributed by atoms with van der Waals surface area (Å²) >= 11 is 0. The number of allylic oxidation sites excluding steroid dienone is 2. The lowest BCUT2D eigenvalue weighted by Gasteiger charge is -2.31. The highest BCUT2D eigenvalue weighted by atomic mass is 16.4. The van der Waals surface area contributed by atoms with E-state index in [-0.39, 0.29) is 5.91 Å². The van der Waals surface area contributed by atoms with Crippen LogP contribution in [-0.2, 0) is 9.59 Å². The second kappa shape index (κ2) is 7.59. The first-order valence-corrected chi connectivity index (χ1v) is 7.99. The van der Waals surface area contributed by atoms with E-state index in [9.17, 15) is 14.7 Å². The average molecular weight is 294 g/mol. The maximum atomic E-state index is 12.3. The molecular formula is C16H26N2O3. The van der Waals surface area contributed by atoms with E-state index < -0.39 is 17.8 Å². The number of hydrogen-bond donors (Lipinski definition) is 2. The molecule has 1 fully saturated rings. The number of amides is 1. The summed E-state index contributed by atoms with van der Waals surface area (Å²) in [7, 11) is 0. The Bertz CT molecular complexity index is 400. The van der Waals surface area contributed by atoms with Crippen LogP contribution in [0.4, 0.5) is 0 Å². The second-order valence-corrected chi connectivity index (χ2v) is 6.12. The van der Waals surface area contributed by atoms with E-state index in [0.29, 0.717) is 25.3 Å². The molecule has 0 saturated carbocycles. The van der Waals surface area contributed by atoms with E-state index >= 15 is 0 Å². The average Bonchev–Trinajstić information content (AvgIpc) is 2.53. The van der Waals surface area contributed by atoms with Crippen molar-refractivity contribution in [1.29, 1.82) is 0 Å². The van der Waals surface area contributed by atoms with Gasteiger partial charge in [0.25, 0.3) is 0 Å². The van der Waals surface area contributed by atoms with Gasteiger partial charge in [-0.3, -0.25) is 9.59 Å². The van der Waals surface area contributed by atoms with Crippen molar-refractivity contribution in [1.82, 2.24) is 10.2 Å². The zero-order valence-electron chi connectivity index (χ0n) is 12.8. The highest BCUT2D eigenvalue weighted by molar-refractivity contribution is 5.85. The minimum absolute atomic E-state index is 0.0929. The Morgan fingerprint density at radius 2 is 1.81 bits per heavy atom. The summed E-state index contributed by atoms with van der Waals surface area (Å²) in [6.45, 7) is 6.14. The Kier molecular flexibility index (Phi) is 5.79. The van der Waals surface area contributed by atoms with Gasteiger partial charge in [0.2, 0.25) is 5.91 Å². The molecule has 2 rings (SSSR count). The topological polar surface area (TPSA) is 69.6 Å². The number of carbonyl (C=O) groups is 2. The number of nitrogens with zero attached hydrogens (tertiary/aromatic N) is 1. The fraction of sp³-hybridized carbons (Fsp3) is 0.750. The lowest BCUT2D eigenvalue weighted by Crippen LogP contribution is -2.42. The van der Waals surface area contributed by atoms with Gasteiger partial charge in [0.15, 0.2) is 0 Å². The first-order valence-electron chi connectivity index (χ1n) is 7.99. The van der Waals surface area contributed by atoms with E-state index in [2.05, 4.69) is 17.1 Å². The van der Waals surface area contributed by atoms with Gasteiger partial charge in [0.1, 0.15) is 0 Å². The number of carboxylic acid groups (broad SMARTS) is 1. The van der Waals surface area contributed by atoms with E-state index in [1.165, 1.54) is 0 Å². The Morgan fingerprint density at radius 1 is 1.19 bits per heavy atom. The predicted molar refractivity (Wildman–Crippen MR) is 80.8 cm³/mol. The third kappa shape index (κ3) is 4.30. The van der Waals surface area contributed by atoms with Crippen LogP contribution in [-0.4, -0.2) is 48.1 Å². The van der Waals surface area contributed by atoms with Crippen LogP contribution >= 0.6 is 0 Å². The van der Waals surface area contributed by atoms with Crippen molar-refractivity contribution in [2.75, 3.05) is 26.2 Å². The number of nitrogens with one attached hydrogen (secondary N) is 1. The number of rotatable bonds is 5. The van der Waals surface area contributed by atoms with Gasteiger partial charge < -0.3 is 15.3 Å². The summed E-state index contributed by atoms with van der Waals surface area (Å²) in [4.78, 5) is 25.9. The molecule has 5 heteroatoms. The number of likely N-dealkylation sites (tertiary alicyclic amines) is 1. The monoisotopic (exact) mass is 294 g/mol. The van der Waals surface area contributed by atoms with Gasteiger partial charge in [-0.25, -0.2) is 0 Å². The molecule has 0 radical (unpaired) electrons. The van der Waals surface area contributed by atoms with Crippen molar-refractivity contribution in [3.63, 3.8) is 0 Å². The number of aliphatic carboxylic acids is 1. The number of carboxylic acids is 1. The first kappa shape index (κ1) is 16.0. The number of hydrogen-bond acceptors (Lipinski definition) is 3. The van der Waals surface area contributed by atoms with Crippen LogP contribution < -0.4 is 5.32 Å². The van der Waals surface area contributed by atoms with Gasteiger partial charge in [-0.1, -0.05) is 19.1 Å². The number of piperidine rings is 1. The third-order valence-corrected chi connectivity index (χ3v) is 4.81. The van der Waals surface area contributed by atoms with Gasteiger partial charge in [0.05, 0.1) is 11.8 Å². The molecule has 21 heavy (non-hydrogen) atoms. The molecule has 118 valence electrons. The normalized spacial score (nSPS) is 27.5. The summed E-state index contributed by atoms with van der Waals surface area (Å²) in [6, 6.07) is 0. The van der Waals surface area contributed by atoms with Crippen molar-refractivity contribution in [3.8, 4) is 0 Å². The third-order valence-electron chi connectivity index (χ3n) is 4.81. The molecule has 1 aliphatic carbocycles. The van der Waals surface area contributed by atoms with Crippen LogP contribution in [0.5, 0.6) is 0 Å². The van der Waals surface area contributed by atoms with Crippen molar-refractivity contribution < 1.29 is 14.7 Å². The molecule has 2 atom stereocenters. The van der Waals surface area contributed by atoms with Gasteiger partial charge >= 0.3 is 5.97 Å². The molecular weight excluding hydrogens is 268 g/mol. The van der Waals surface area contributed by atoms with Crippen LogP contribution in [0.15, 0.2) is 12.2 Å². The van der Waals surface area contributed by atoms with E-state index in [1.54, 1.807) is 0 Å². The Morgan fingerprint density at radius 3 is 2.38 bits per heavy atom. The first-order chi connectivity index (χ1) is 10.1. The molecule has 0 aromatic rings. The van der Waals surface area contributed by atoms with Crippen molar-refractivity contribution in [2.24, 2.45) is 17.8 Å². The summed E-state index contributed by atoms with van der Waals surface area (Å²) in [6.07, 6.45) is 7.01. The van der Waals surface area contributed by atoms with E-state index in [1.807, 2.05) is 12.2 Å². The molecule has 1 aliphatic heterocycles. The molecule has 1 amide bonds. The summed E-state index contributed by atoms with van der Waals surface area (Å²) in [5.41, 5.74) is 0. The van der Waals surface area contributed by atoms with Gasteiger partial charge in [-0.2, -0.15) is 0 Å². The SMILES string of the molecule is CCN1CCC(CNC(=O)[C@@H]2CC=CC[C@@H]2C(=O)O)CC1. The Hall–Kier alpha value is -1.36. The second-order valence-electron chi connectivity index (χ2n) is 6.12. The standard InChI is InChI=1S/C16H26N2O3/c1-2-18-9-7-12(8-10-18)11-17-15(19)13-5-3-4-6-14(13)16(20)21/h3-4,12-14H,2,5-11H2,1H3,(H,17,19)(H,20,21)/t13-,14+/m1/s1. The van der Waals surface area contributed by atoms with E-state index in [4.69, 9.17) is 0 Å². The smallest absolute Gasteiger partial charge is 0.307 e. The molecule has 0 spiro atoms. The molecule has 0 aromatic heterocycles. The van der Waals surface area contributed by atoms with Gasteiger partial charge in [-0.05, 0) is 51.2 Å². The zero-order valence-corrected chi connectivity index (χ0v) is 12.8.